The summed E-state index contributed by atoms with van der Waals surface area (Å²) in [7, 11) is -3.97. The lowest BCUT2D eigenvalue weighted by atomic mass is 9.65. The van der Waals surface area contributed by atoms with Crippen molar-refractivity contribution in [2.24, 2.45) is 10.8 Å². The molecule has 0 aromatic heterocycles. The molecule has 2 bridgehead atoms. The third kappa shape index (κ3) is 10.3. The van der Waals surface area contributed by atoms with Crippen LogP contribution in [0.1, 0.15) is 92.2 Å². The van der Waals surface area contributed by atoms with Crippen LogP contribution >= 0.6 is 0 Å². The van der Waals surface area contributed by atoms with Gasteiger partial charge in [-0.05, 0) is 89.0 Å². The average Bonchev–Trinajstić information content (AvgIpc) is 3.49. The van der Waals surface area contributed by atoms with Gasteiger partial charge in [0.05, 0.1) is 23.7 Å². The number of benzene rings is 5. The summed E-state index contributed by atoms with van der Waals surface area (Å²) >= 11 is 0. The van der Waals surface area contributed by atoms with Crippen LogP contribution < -0.4 is 10.0 Å². The van der Waals surface area contributed by atoms with Gasteiger partial charge in [-0.3, -0.25) is 9.69 Å². The van der Waals surface area contributed by atoms with Crippen LogP contribution in [0.4, 0.5) is 0 Å². The number of aliphatic hydroxyl groups excluding tert-OH is 1. The van der Waals surface area contributed by atoms with E-state index >= 15 is 0 Å². The lowest BCUT2D eigenvalue weighted by Crippen LogP contribution is -2.47. The molecule has 0 spiro atoms. The number of likely N-dealkylation sites (tertiary alicyclic amines) is 1. The van der Waals surface area contributed by atoms with Crippen molar-refractivity contribution in [2.75, 3.05) is 13.1 Å². The molecule has 10 heteroatoms. The highest BCUT2D eigenvalue weighted by Gasteiger charge is 2.50. The van der Waals surface area contributed by atoms with Gasteiger partial charge in [-0.25, -0.2) is 8.42 Å². The second kappa shape index (κ2) is 18.0. The molecule has 3 N–H and O–H groups in total. The maximum Gasteiger partial charge on any atom is 0.241 e. The van der Waals surface area contributed by atoms with E-state index < -0.39 is 28.3 Å². The van der Waals surface area contributed by atoms with Crippen molar-refractivity contribution in [3.8, 4) is 11.1 Å². The smallest absolute Gasteiger partial charge is 0.241 e. The first-order valence-corrected chi connectivity index (χ1v) is 23.1. The molecule has 1 amide bonds. The zero-order valence-electron chi connectivity index (χ0n) is 35.7. The van der Waals surface area contributed by atoms with Gasteiger partial charge < -0.3 is 19.9 Å². The van der Waals surface area contributed by atoms with E-state index in [1.165, 1.54) is 19.3 Å². The van der Waals surface area contributed by atoms with E-state index in [9.17, 15) is 18.3 Å². The molecule has 320 valence electrons. The first-order valence-electron chi connectivity index (χ1n) is 21.6. The quantitative estimate of drug-likeness (QED) is 0.102. The Balaban J connectivity index is 0.985. The van der Waals surface area contributed by atoms with E-state index in [0.29, 0.717) is 16.9 Å². The molecule has 2 heterocycles. The summed E-state index contributed by atoms with van der Waals surface area (Å²) < 4.78 is 43.2. The zero-order chi connectivity index (χ0) is 42.8. The summed E-state index contributed by atoms with van der Waals surface area (Å²) in [5.41, 5.74) is 8.14. The molecule has 61 heavy (non-hydrogen) atoms. The first-order chi connectivity index (χ1) is 29.2. The van der Waals surface area contributed by atoms with Crippen LogP contribution in [0, 0.1) is 17.8 Å². The van der Waals surface area contributed by atoms with Crippen LogP contribution in [0.25, 0.3) is 11.1 Å². The van der Waals surface area contributed by atoms with Crippen LogP contribution in [-0.2, 0) is 43.9 Å². The van der Waals surface area contributed by atoms with Crippen molar-refractivity contribution < 1.29 is 27.8 Å². The Morgan fingerprint density at radius 3 is 2.23 bits per heavy atom. The monoisotopic (exact) mass is 841 g/mol. The lowest BCUT2D eigenvalue weighted by Gasteiger charge is -2.41. The molecular formula is C51H59N3O6S. The van der Waals surface area contributed by atoms with E-state index in [0.717, 1.165) is 64.0 Å². The molecule has 8 rings (SSSR count). The number of hydrogen-bond acceptors (Lipinski definition) is 7. The highest BCUT2D eigenvalue weighted by molar-refractivity contribution is 7.89. The van der Waals surface area contributed by atoms with Gasteiger partial charge in [0.25, 0.3) is 0 Å². The van der Waals surface area contributed by atoms with Crippen LogP contribution in [0.3, 0.4) is 0 Å². The summed E-state index contributed by atoms with van der Waals surface area (Å²) in [6.45, 7) is 11.3. The Morgan fingerprint density at radius 1 is 0.820 bits per heavy atom. The van der Waals surface area contributed by atoms with Gasteiger partial charge >= 0.3 is 0 Å². The number of aliphatic hydroxyl groups is 1. The molecule has 5 aromatic rings. The number of rotatable bonds is 14. The van der Waals surface area contributed by atoms with E-state index in [2.05, 4.69) is 72.1 Å². The SMILES string of the molecule is Cc1ccc(S(=O)(=O)N[C@H](Cc2ccccc2)C(=O)NCc2ccccc2-c2ccc([C@H]3O[C@@H](CN4CC5(C)CC4CC(C)(C)C5)C[C@@H](c4ccc(CO)cc4)O3)cc2)cc1. The third-order valence-corrected chi connectivity index (χ3v) is 14.3. The number of carbonyl (C=O) groups is 1. The maximum absolute atomic E-state index is 13.9. The fourth-order valence-electron chi connectivity index (χ4n) is 10.2. The Kier molecular flexibility index (Phi) is 12.7. The van der Waals surface area contributed by atoms with Gasteiger partial charge in [0.15, 0.2) is 6.29 Å². The van der Waals surface area contributed by atoms with Crippen molar-refractivity contribution >= 4 is 15.9 Å². The number of amides is 1. The van der Waals surface area contributed by atoms with Crippen LogP contribution in [0.5, 0.6) is 0 Å². The predicted octanol–water partition coefficient (Wildman–Crippen LogP) is 8.81. The van der Waals surface area contributed by atoms with Gasteiger partial charge in [0.2, 0.25) is 15.9 Å². The Labute approximate surface area is 361 Å². The molecule has 0 radical (unpaired) electrons. The van der Waals surface area contributed by atoms with Crippen molar-refractivity contribution in [3.05, 3.63) is 161 Å². The molecule has 2 saturated heterocycles. The molecule has 9 nitrogen and oxygen atoms in total. The highest BCUT2D eigenvalue weighted by atomic mass is 32.2. The van der Waals surface area contributed by atoms with Gasteiger partial charge in [-0.15, -0.1) is 0 Å². The highest BCUT2D eigenvalue weighted by Crippen LogP contribution is 2.53. The minimum atomic E-state index is -3.97. The molecule has 3 fully saturated rings. The minimum Gasteiger partial charge on any atom is -0.392 e. The number of fused-ring (bicyclic) bond motifs is 2. The fraction of sp³-hybridized carbons (Fsp3) is 0.392. The third-order valence-electron chi connectivity index (χ3n) is 12.8. The van der Waals surface area contributed by atoms with E-state index in [1.54, 1.807) is 24.3 Å². The van der Waals surface area contributed by atoms with Crippen molar-refractivity contribution in [2.45, 2.75) is 108 Å². The van der Waals surface area contributed by atoms with Gasteiger partial charge in [0.1, 0.15) is 6.04 Å². The molecular weight excluding hydrogens is 783 g/mol. The zero-order valence-corrected chi connectivity index (χ0v) is 36.5. The number of sulfonamides is 1. The van der Waals surface area contributed by atoms with Crippen LogP contribution in [-0.4, -0.2) is 55.6 Å². The Bertz CT molecular complexity index is 2390. The second-order valence-electron chi connectivity index (χ2n) is 18.7. The number of carbonyl (C=O) groups excluding carboxylic acids is 1. The van der Waals surface area contributed by atoms with Gasteiger partial charge in [0, 0.05) is 37.7 Å². The molecule has 2 unspecified atom stereocenters. The molecule has 1 aliphatic carbocycles. The summed E-state index contributed by atoms with van der Waals surface area (Å²) in [5, 5.41) is 12.7. The molecule has 3 aliphatic rings. The summed E-state index contributed by atoms with van der Waals surface area (Å²) in [5.74, 6) is -0.415. The van der Waals surface area contributed by atoms with Gasteiger partial charge in [-0.2, -0.15) is 4.72 Å². The predicted molar refractivity (Wildman–Crippen MR) is 239 cm³/mol. The van der Waals surface area contributed by atoms with Crippen molar-refractivity contribution in [1.29, 1.82) is 0 Å². The average molecular weight is 842 g/mol. The summed E-state index contributed by atoms with van der Waals surface area (Å²) in [6.07, 6.45) is 3.87. The first kappa shape index (κ1) is 43.0. The Morgan fingerprint density at radius 2 is 1.51 bits per heavy atom. The van der Waals surface area contributed by atoms with E-state index in [4.69, 9.17) is 9.47 Å². The minimum absolute atomic E-state index is 0.00166. The van der Waals surface area contributed by atoms with Crippen molar-refractivity contribution in [1.82, 2.24) is 14.9 Å². The van der Waals surface area contributed by atoms with Crippen LogP contribution in [0.15, 0.2) is 132 Å². The molecule has 6 atom stereocenters. The van der Waals surface area contributed by atoms with Crippen molar-refractivity contribution in [3.63, 3.8) is 0 Å². The fourth-order valence-corrected chi connectivity index (χ4v) is 11.4. The Hall–Kier alpha value is -4.68. The van der Waals surface area contributed by atoms with Gasteiger partial charge in [-0.1, -0.05) is 142 Å². The van der Waals surface area contributed by atoms with E-state index in [-0.39, 0.29) is 36.7 Å². The summed E-state index contributed by atoms with van der Waals surface area (Å²) in [6, 6.07) is 39.8. The molecule has 5 aromatic carbocycles. The number of hydrogen-bond donors (Lipinski definition) is 3. The molecule has 1 saturated carbocycles. The largest absolute Gasteiger partial charge is 0.392 e. The normalized spacial score (nSPS) is 24.3. The second-order valence-corrected chi connectivity index (χ2v) is 20.4. The van der Waals surface area contributed by atoms with E-state index in [1.807, 2.05) is 73.7 Å². The number of aryl methyl sites for hydroxylation is 1. The number of nitrogens with zero attached hydrogens (tertiary/aromatic N) is 1. The number of ether oxygens (including phenoxy) is 2. The maximum atomic E-state index is 13.9. The number of nitrogens with one attached hydrogen (secondary N) is 2. The topological polar surface area (TPSA) is 117 Å². The van der Waals surface area contributed by atoms with Crippen LogP contribution in [0.2, 0.25) is 0 Å². The lowest BCUT2D eigenvalue weighted by molar-refractivity contribution is -0.253. The standard InChI is InChI=1S/C51H59N3O6S/c1-35-14-24-44(25-15-35)61(57,58)53-46(26-36-10-6-5-7-11-36)48(56)52-30-41-12-8-9-13-45(41)38-20-22-40(23-21-38)49-59-43(27-47(60-49)39-18-16-37(32-55)17-19-39)31-54-34-51(4)29-42(54)28-50(2,3)33-51/h5-25,42-43,46-47,49,53,55H,26-34H2,1-4H3,(H,52,56)/t42?,43-,46-,47+,49+,51?/m1/s1. The molecule has 2 aliphatic heterocycles. The summed E-state index contributed by atoms with van der Waals surface area (Å²) in [4.78, 5) is 16.7.